The van der Waals surface area contributed by atoms with Crippen LogP contribution in [-0.4, -0.2) is 18.5 Å². The molecule has 0 bridgehead atoms. The van der Waals surface area contributed by atoms with Gasteiger partial charge in [-0.3, -0.25) is 4.79 Å². The number of hydrogen-bond donors (Lipinski definition) is 0. The van der Waals surface area contributed by atoms with Gasteiger partial charge < -0.3 is 4.74 Å². The zero-order chi connectivity index (χ0) is 11.9. The van der Waals surface area contributed by atoms with Crippen molar-refractivity contribution in [3.8, 4) is 0 Å². The summed E-state index contributed by atoms with van der Waals surface area (Å²) in [5.74, 6) is -1.25. The number of unbranched alkanes of at least 4 members (excludes halogenated alkanes) is 2. The summed E-state index contributed by atoms with van der Waals surface area (Å²) in [6.45, 7) is 5.76. The molecule has 0 saturated heterocycles. The molecule has 4 nitrogen and oxygen atoms in total. The van der Waals surface area contributed by atoms with Crippen LogP contribution in [0.2, 0.25) is 0 Å². The van der Waals surface area contributed by atoms with Crippen LogP contribution >= 0.6 is 0 Å². The largest absolute Gasteiger partial charge is 0.465 e. The van der Waals surface area contributed by atoms with Gasteiger partial charge in [-0.15, -0.1) is 0 Å². The van der Waals surface area contributed by atoms with E-state index < -0.39 is 11.4 Å². The number of rotatable bonds is 6. The molecule has 0 aliphatic carbocycles. The molecule has 0 N–H and O–H groups in total. The molecule has 0 amide bonds. The molecular formula is C11H19O4. The predicted octanol–water partition coefficient (Wildman–Crippen LogP) is 2.09. The molecule has 0 atom stereocenters. The van der Waals surface area contributed by atoms with Gasteiger partial charge in [-0.1, -0.05) is 0 Å². The van der Waals surface area contributed by atoms with Crippen LogP contribution in [0.5, 0.6) is 0 Å². The number of hydrogen-bond acceptors (Lipinski definition) is 3. The van der Waals surface area contributed by atoms with E-state index in [1.807, 2.05) is 0 Å². The molecule has 0 spiro atoms. The fraction of sp³-hybridized carbons (Fsp3) is 0.818. The molecule has 0 rings (SSSR count). The molecule has 0 aromatic rings. The monoisotopic (exact) mass is 215 g/mol. The standard InChI is InChI=1S/C11H19O4/c1-11(2,3)10(14)15-8-6-4-5-7-9(12)13/h4-8H2,1-3H3. The van der Waals surface area contributed by atoms with Crippen LogP contribution in [0.4, 0.5) is 0 Å². The van der Waals surface area contributed by atoms with E-state index in [2.05, 4.69) is 0 Å². The van der Waals surface area contributed by atoms with Crippen LogP contribution in [0.15, 0.2) is 0 Å². The summed E-state index contributed by atoms with van der Waals surface area (Å²) in [6, 6.07) is 0. The third-order valence-electron chi connectivity index (χ3n) is 1.87. The van der Waals surface area contributed by atoms with Gasteiger partial charge in [-0.05, 0) is 40.0 Å². The minimum absolute atomic E-state index is 0.0766. The van der Waals surface area contributed by atoms with E-state index in [1.54, 1.807) is 20.8 Å². The lowest BCUT2D eigenvalue weighted by atomic mass is 9.97. The summed E-state index contributed by atoms with van der Waals surface area (Å²) in [5.41, 5.74) is -0.467. The second-order valence-electron chi connectivity index (χ2n) is 4.57. The van der Waals surface area contributed by atoms with Crippen molar-refractivity contribution in [1.29, 1.82) is 0 Å². The SMILES string of the molecule is CC(C)(C)C(=O)OCCCCCC([O])=O. The van der Waals surface area contributed by atoms with E-state index >= 15 is 0 Å². The molecule has 0 aliphatic heterocycles. The topological polar surface area (TPSA) is 63.3 Å². The average molecular weight is 215 g/mol. The molecule has 0 heterocycles. The average Bonchev–Trinajstić information content (AvgIpc) is 2.08. The lowest BCUT2D eigenvalue weighted by molar-refractivity contribution is -0.153. The first-order valence-corrected chi connectivity index (χ1v) is 5.21. The van der Waals surface area contributed by atoms with E-state index in [4.69, 9.17) is 4.74 Å². The molecule has 0 aliphatic rings. The molecule has 0 aromatic carbocycles. The van der Waals surface area contributed by atoms with Gasteiger partial charge in [0.2, 0.25) is 0 Å². The zero-order valence-electron chi connectivity index (χ0n) is 9.67. The highest BCUT2D eigenvalue weighted by Gasteiger charge is 2.22. The van der Waals surface area contributed by atoms with Gasteiger partial charge in [0.25, 0.3) is 0 Å². The maximum Gasteiger partial charge on any atom is 0.355 e. The van der Waals surface area contributed by atoms with Crippen molar-refractivity contribution in [3.05, 3.63) is 0 Å². The fourth-order valence-electron chi connectivity index (χ4n) is 0.930. The summed E-state index contributed by atoms with van der Waals surface area (Å²) in [7, 11) is 0. The number of carbonyl (C=O) groups is 2. The van der Waals surface area contributed by atoms with E-state index in [0.29, 0.717) is 19.4 Å². The Morgan fingerprint density at radius 1 is 1.07 bits per heavy atom. The number of carbonyl (C=O) groups excluding carboxylic acids is 2. The minimum Gasteiger partial charge on any atom is -0.465 e. The normalized spacial score (nSPS) is 11.1. The van der Waals surface area contributed by atoms with E-state index in [1.165, 1.54) is 0 Å². The Bertz CT molecular complexity index is 215. The van der Waals surface area contributed by atoms with Crippen LogP contribution in [0, 0.1) is 5.41 Å². The Morgan fingerprint density at radius 3 is 2.13 bits per heavy atom. The van der Waals surface area contributed by atoms with Crippen LogP contribution in [-0.2, 0) is 19.4 Å². The lowest BCUT2D eigenvalue weighted by Crippen LogP contribution is -2.23. The Morgan fingerprint density at radius 2 is 1.67 bits per heavy atom. The first-order chi connectivity index (χ1) is 6.84. The predicted molar refractivity (Wildman–Crippen MR) is 54.6 cm³/mol. The Kier molecular flexibility index (Phi) is 5.97. The molecule has 0 fully saturated rings. The fourth-order valence-corrected chi connectivity index (χ4v) is 0.930. The molecule has 0 saturated carbocycles. The van der Waals surface area contributed by atoms with E-state index in [9.17, 15) is 14.7 Å². The highest BCUT2D eigenvalue weighted by Crippen LogP contribution is 2.15. The summed E-state index contributed by atoms with van der Waals surface area (Å²) in [5, 5.41) is 10.1. The quantitative estimate of drug-likeness (QED) is 0.503. The summed E-state index contributed by atoms with van der Waals surface area (Å²) in [4.78, 5) is 21.4. The molecule has 4 heteroatoms. The van der Waals surface area contributed by atoms with Gasteiger partial charge in [0.05, 0.1) is 18.4 Å². The highest BCUT2D eigenvalue weighted by molar-refractivity contribution is 5.75. The third-order valence-corrected chi connectivity index (χ3v) is 1.87. The Balaban J connectivity index is 3.40. The van der Waals surface area contributed by atoms with Gasteiger partial charge in [-0.2, -0.15) is 0 Å². The van der Waals surface area contributed by atoms with Gasteiger partial charge in [0.15, 0.2) is 0 Å². The van der Waals surface area contributed by atoms with Gasteiger partial charge in [-0.25, -0.2) is 9.90 Å². The zero-order valence-corrected chi connectivity index (χ0v) is 9.67. The van der Waals surface area contributed by atoms with Crippen molar-refractivity contribution in [3.63, 3.8) is 0 Å². The van der Waals surface area contributed by atoms with E-state index in [0.717, 1.165) is 6.42 Å². The number of esters is 1. The summed E-state index contributed by atoms with van der Waals surface area (Å²) < 4.78 is 5.01. The first kappa shape index (κ1) is 13.9. The lowest BCUT2D eigenvalue weighted by Gasteiger charge is -2.16. The summed E-state index contributed by atoms with van der Waals surface area (Å²) >= 11 is 0. The Hall–Kier alpha value is -1.06. The van der Waals surface area contributed by atoms with Gasteiger partial charge >= 0.3 is 11.9 Å². The van der Waals surface area contributed by atoms with Crippen molar-refractivity contribution < 1.29 is 19.4 Å². The summed E-state index contributed by atoms with van der Waals surface area (Å²) in [6.07, 6.45) is 2.10. The van der Waals surface area contributed by atoms with Crippen molar-refractivity contribution >= 4 is 11.9 Å². The van der Waals surface area contributed by atoms with Crippen molar-refractivity contribution in [2.45, 2.75) is 46.5 Å². The van der Waals surface area contributed by atoms with Crippen molar-refractivity contribution in [2.24, 2.45) is 5.41 Å². The molecule has 1 radical (unpaired) electrons. The smallest absolute Gasteiger partial charge is 0.355 e. The first-order valence-electron chi connectivity index (χ1n) is 5.21. The molecule has 0 unspecified atom stereocenters. The maximum atomic E-state index is 11.3. The molecular weight excluding hydrogens is 196 g/mol. The van der Waals surface area contributed by atoms with Crippen LogP contribution in [0.25, 0.3) is 0 Å². The third kappa shape index (κ3) is 7.97. The Labute approximate surface area is 90.6 Å². The molecule has 0 aromatic heterocycles. The van der Waals surface area contributed by atoms with Crippen molar-refractivity contribution in [1.82, 2.24) is 0 Å². The molecule has 15 heavy (non-hydrogen) atoms. The van der Waals surface area contributed by atoms with Crippen LogP contribution < -0.4 is 0 Å². The minimum atomic E-state index is -1.03. The highest BCUT2D eigenvalue weighted by atomic mass is 16.5. The second kappa shape index (κ2) is 6.43. The number of ether oxygens (including phenoxy) is 1. The van der Waals surface area contributed by atoms with Crippen LogP contribution in [0.1, 0.15) is 46.5 Å². The maximum absolute atomic E-state index is 11.3. The van der Waals surface area contributed by atoms with Crippen molar-refractivity contribution in [2.75, 3.05) is 6.61 Å². The van der Waals surface area contributed by atoms with E-state index in [-0.39, 0.29) is 12.4 Å². The van der Waals surface area contributed by atoms with Gasteiger partial charge in [0, 0.05) is 0 Å². The molecule has 87 valence electrons. The second-order valence-corrected chi connectivity index (χ2v) is 4.57. The van der Waals surface area contributed by atoms with Crippen LogP contribution in [0.3, 0.4) is 0 Å². The van der Waals surface area contributed by atoms with Gasteiger partial charge in [0.1, 0.15) is 0 Å².